The van der Waals surface area contributed by atoms with Crippen molar-refractivity contribution in [2.75, 3.05) is 19.4 Å². The molecule has 8 heteroatoms. The molecule has 1 heterocycles. The van der Waals surface area contributed by atoms with E-state index in [1.54, 1.807) is 37.1 Å². The fraction of sp³-hybridized carbons (Fsp3) is 0.188. The van der Waals surface area contributed by atoms with Crippen molar-refractivity contribution < 1.29 is 14.4 Å². The molecule has 2 aromatic rings. The summed E-state index contributed by atoms with van der Waals surface area (Å²) < 4.78 is 6.78. The average Bonchev–Trinajstić information content (AvgIpc) is 2.95. The van der Waals surface area contributed by atoms with Gasteiger partial charge < -0.3 is 14.9 Å². The highest BCUT2D eigenvalue weighted by atomic mass is 32.2. The molecule has 0 atom stereocenters. The molecule has 0 aliphatic rings. The normalized spacial score (nSPS) is 11.8. The van der Waals surface area contributed by atoms with E-state index in [1.807, 2.05) is 30.5 Å². The van der Waals surface area contributed by atoms with Crippen LogP contribution in [-0.4, -0.2) is 34.6 Å². The van der Waals surface area contributed by atoms with Gasteiger partial charge in [-0.25, -0.2) is 0 Å². The first-order chi connectivity index (χ1) is 11.4. The second-order valence-electron chi connectivity index (χ2n) is 5.01. The predicted molar refractivity (Wildman–Crippen MR) is 91.0 cm³/mol. The van der Waals surface area contributed by atoms with Gasteiger partial charge in [0.2, 0.25) is 0 Å². The van der Waals surface area contributed by atoms with Gasteiger partial charge in [0.05, 0.1) is 11.8 Å². The molecule has 0 unspecified atom stereocenters. The van der Waals surface area contributed by atoms with Crippen LogP contribution in [0, 0.1) is 18.3 Å². The molecular weight excluding hydrogens is 328 g/mol. The lowest BCUT2D eigenvalue weighted by Crippen LogP contribution is -2.15. The number of aliphatic hydroxyl groups is 1. The van der Waals surface area contributed by atoms with Crippen LogP contribution in [0.25, 0.3) is 5.76 Å². The number of carbonyl (C=O) groups excluding carboxylic acids is 1. The minimum atomic E-state index is -0.705. The molecule has 0 aliphatic heterocycles. The van der Waals surface area contributed by atoms with Crippen LogP contribution in [0.15, 0.2) is 45.5 Å². The van der Waals surface area contributed by atoms with Crippen molar-refractivity contribution in [3.05, 3.63) is 47.4 Å². The third-order valence-corrected chi connectivity index (χ3v) is 3.83. The number of aliphatic hydroxyl groups excluding tert-OH is 1. The molecule has 7 nitrogen and oxygen atoms in total. The maximum absolute atomic E-state index is 12.2. The van der Waals surface area contributed by atoms with Crippen LogP contribution < -0.4 is 5.32 Å². The first-order valence-electron chi connectivity index (χ1n) is 6.94. The SMILES string of the molecule is Cc1oncc1/C(O)=C(\C#N)C(=O)Nc1ccc(SN(C)C)cc1. The Kier molecular flexibility index (Phi) is 5.63. The van der Waals surface area contributed by atoms with Gasteiger partial charge in [0.15, 0.2) is 11.3 Å². The monoisotopic (exact) mass is 344 g/mol. The van der Waals surface area contributed by atoms with Crippen molar-refractivity contribution in [3.8, 4) is 6.07 Å². The summed E-state index contributed by atoms with van der Waals surface area (Å²) in [5, 5.41) is 25.4. The van der Waals surface area contributed by atoms with Gasteiger partial charge in [0, 0.05) is 10.6 Å². The highest BCUT2D eigenvalue weighted by molar-refractivity contribution is 7.97. The van der Waals surface area contributed by atoms with Gasteiger partial charge >= 0.3 is 0 Å². The van der Waals surface area contributed by atoms with E-state index in [9.17, 15) is 15.2 Å². The number of anilines is 1. The Morgan fingerprint density at radius 3 is 2.54 bits per heavy atom. The van der Waals surface area contributed by atoms with E-state index in [2.05, 4.69) is 10.5 Å². The lowest BCUT2D eigenvalue weighted by atomic mass is 10.1. The Morgan fingerprint density at radius 1 is 1.38 bits per heavy atom. The molecule has 0 spiro atoms. The van der Waals surface area contributed by atoms with Gasteiger partial charge in [0.1, 0.15) is 11.8 Å². The summed E-state index contributed by atoms with van der Waals surface area (Å²) in [5.41, 5.74) is 0.318. The Balaban J connectivity index is 2.18. The van der Waals surface area contributed by atoms with Crippen molar-refractivity contribution in [1.29, 1.82) is 5.26 Å². The highest BCUT2D eigenvalue weighted by Gasteiger charge is 2.19. The summed E-state index contributed by atoms with van der Waals surface area (Å²) >= 11 is 1.54. The van der Waals surface area contributed by atoms with E-state index >= 15 is 0 Å². The number of hydrogen-bond acceptors (Lipinski definition) is 7. The quantitative estimate of drug-likeness (QED) is 0.372. The Labute approximate surface area is 143 Å². The number of aryl methyl sites for hydroxylation is 1. The van der Waals surface area contributed by atoms with Gasteiger partial charge in [-0.2, -0.15) is 5.26 Å². The van der Waals surface area contributed by atoms with Crippen LogP contribution in [-0.2, 0) is 4.79 Å². The van der Waals surface area contributed by atoms with Gasteiger partial charge in [-0.1, -0.05) is 5.16 Å². The zero-order valence-electron chi connectivity index (χ0n) is 13.4. The number of nitriles is 1. The highest BCUT2D eigenvalue weighted by Crippen LogP contribution is 2.23. The molecule has 2 rings (SSSR count). The number of carbonyl (C=O) groups is 1. The maximum Gasteiger partial charge on any atom is 0.270 e. The van der Waals surface area contributed by atoms with Crippen LogP contribution >= 0.6 is 11.9 Å². The van der Waals surface area contributed by atoms with E-state index in [0.29, 0.717) is 11.4 Å². The number of nitrogens with one attached hydrogen (secondary N) is 1. The number of nitrogens with zero attached hydrogens (tertiary/aromatic N) is 3. The molecule has 0 saturated heterocycles. The minimum absolute atomic E-state index is 0.208. The molecule has 0 bridgehead atoms. The zero-order chi connectivity index (χ0) is 17.7. The van der Waals surface area contributed by atoms with Crippen molar-refractivity contribution in [1.82, 2.24) is 9.46 Å². The molecule has 0 saturated carbocycles. The molecular formula is C16H16N4O3S. The van der Waals surface area contributed by atoms with Crippen LogP contribution in [0.4, 0.5) is 5.69 Å². The standard InChI is InChI=1S/C16H16N4O3S/c1-10-14(9-18-23-10)15(21)13(8-17)16(22)19-11-4-6-12(7-5-11)24-20(2)3/h4-7,9,21H,1-3H3,(H,19,22)/b15-13-. The summed E-state index contributed by atoms with van der Waals surface area (Å²) in [4.78, 5) is 13.2. The van der Waals surface area contributed by atoms with E-state index in [-0.39, 0.29) is 5.56 Å². The molecule has 1 aromatic carbocycles. The molecule has 0 aliphatic carbocycles. The van der Waals surface area contributed by atoms with Gasteiger partial charge in [-0.05, 0) is 57.2 Å². The average molecular weight is 344 g/mol. The van der Waals surface area contributed by atoms with Crippen LogP contribution in [0.3, 0.4) is 0 Å². The van der Waals surface area contributed by atoms with Gasteiger partial charge in [-0.15, -0.1) is 0 Å². The first kappa shape index (κ1) is 17.6. The number of aromatic nitrogens is 1. The molecule has 2 N–H and O–H groups in total. The molecule has 0 radical (unpaired) electrons. The second-order valence-corrected chi connectivity index (χ2v) is 6.40. The molecule has 1 amide bonds. The third kappa shape index (κ3) is 4.16. The summed E-state index contributed by atoms with van der Waals surface area (Å²) in [6.45, 7) is 1.58. The first-order valence-corrected chi connectivity index (χ1v) is 7.71. The fourth-order valence-electron chi connectivity index (χ4n) is 1.88. The molecule has 24 heavy (non-hydrogen) atoms. The number of hydrogen-bond donors (Lipinski definition) is 2. The summed E-state index contributed by atoms with van der Waals surface area (Å²) in [7, 11) is 3.86. The van der Waals surface area contributed by atoms with Crippen LogP contribution in [0.2, 0.25) is 0 Å². The minimum Gasteiger partial charge on any atom is -0.506 e. The van der Waals surface area contributed by atoms with Crippen LogP contribution in [0.5, 0.6) is 0 Å². The second kappa shape index (κ2) is 7.68. The zero-order valence-corrected chi connectivity index (χ0v) is 14.2. The molecule has 1 aromatic heterocycles. The van der Waals surface area contributed by atoms with Crippen molar-refractivity contribution >= 4 is 29.3 Å². The Hall–Kier alpha value is -2.76. The summed E-state index contributed by atoms with van der Waals surface area (Å²) in [6, 6.07) is 8.85. The van der Waals surface area contributed by atoms with E-state index in [0.717, 1.165) is 4.90 Å². The van der Waals surface area contributed by atoms with Crippen molar-refractivity contribution in [2.24, 2.45) is 0 Å². The maximum atomic E-state index is 12.2. The number of rotatable bonds is 5. The molecule has 124 valence electrons. The van der Waals surface area contributed by atoms with Crippen LogP contribution in [0.1, 0.15) is 11.3 Å². The van der Waals surface area contributed by atoms with Gasteiger partial charge in [-0.3, -0.25) is 9.10 Å². The number of amides is 1. The van der Waals surface area contributed by atoms with Gasteiger partial charge in [0.25, 0.3) is 5.91 Å². The lowest BCUT2D eigenvalue weighted by Gasteiger charge is -2.09. The van der Waals surface area contributed by atoms with E-state index in [4.69, 9.17) is 4.52 Å². The third-order valence-electron chi connectivity index (χ3n) is 2.98. The predicted octanol–water partition coefficient (Wildman–Crippen LogP) is 2.98. The Bertz CT molecular complexity index is 803. The largest absolute Gasteiger partial charge is 0.506 e. The molecule has 0 fully saturated rings. The van der Waals surface area contributed by atoms with E-state index < -0.39 is 17.2 Å². The lowest BCUT2D eigenvalue weighted by molar-refractivity contribution is -0.112. The van der Waals surface area contributed by atoms with E-state index in [1.165, 1.54) is 6.20 Å². The Morgan fingerprint density at radius 2 is 2.04 bits per heavy atom. The van der Waals surface area contributed by atoms with Crippen molar-refractivity contribution in [3.63, 3.8) is 0 Å². The topological polar surface area (TPSA) is 102 Å². The summed E-state index contributed by atoms with van der Waals surface area (Å²) in [6.07, 6.45) is 1.25. The van der Waals surface area contributed by atoms with Crippen molar-refractivity contribution in [2.45, 2.75) is 11.8 Å². The number of benzene rings is 1. The smallest absolute Gasteiger partial charge is 0.270 e. The summed E-state index contributed by atoms with van der Waals surface area (Å²) in [5.74, 6) is -0.852. The fourth-order valence-corrected chi connectivity index (χ4v) is 2.55.